The standard InChI is InChI=1S/C16H23NO2/c1-11-10-17-14(12(2)16(11)19-3)9-13-7-5-4-6-8-15(13)18/h10,13H,4-9H2,1-3H3. The molecule has 0 N–H and O–H groups in total. The van der Waals surface area contributed by atoms with Gasteiger partial charge in [0.2, 0.25) is 0 Å². The maximum absolute atomic E-state index is 12.1. The van der Waals surface area contributed by atoms with Gasteiger partial charge >= 0.3 is 0 Å². The average Bonchev–Trinajstić information content (AvgIpc) is 2.59. The molecular formula is C16H23NO2. The van der Waals surface area contributed by atoms with Crippen molar-refractivity contribution in [2.24, 2.45) is 5.92 Å². The Balaban J connectivity index is 2.20. The van der Waals surface area contributed by atoms with E-state index in [-0.39, 0.29) is 5.92 Å². The first-order chi connectivity index (χ1) is 9.13. The Hall–Kier alpha value is -1.38. The number of Topliss-reactive ketones (excluding diaryl/α,β-unsaturated/α-hetero) is 1. The van der Waals surface area contributed by atoms with Crippen LogP contribution in [0.2, 0.25) is 0 Å². The van der Waals surface area contributed by atoms with E-state index in [1.807, 2.05) is 20.0 Å². The van der Waals surface area contributed by atoms with Crippen molar-refractivity contribution in [1.29, 1.82) is 0 Å². The lowest BCUT2D eigenvalue weighted by Gasteiger charge is -2.16. The van der Waals surface area contributed by atoms with Crippen LogP contribution in [-0.4, -0.2) is 17.9 Å². The normalized spacial score (nSPS) is 20.2. The molecule has 1 saturated carbocycles. The third-order valence-electron chi connectivity index (χ3n) is 4.12. The Labute approximate surface area is 115 Å². The summed E-state index contributed by atoms with van der Waals surface area (Å²) in [7, 11) is 1.69. The van der Waals surface area contributed by atoms with Crippen molar-refractivity contribution < 1.29 is 9.53 Å². The Morgan fingerprint density at radius 1 is 1.32 bits per heavy atom. The Morgan fingerprint density at radius 3 is 2.84 bits per heavy atom. The molecular weight excluding hydrogens is 238 g/mol. The Kier molecular flexibility index (Phi) is 4.56. The number of rotatable bonds is 3. The van der Waals surface area contributed by atoms with Gasteiger partial charge in [-0.25, -0.2) is 0 Å². The monoisotopic (exact) mass is 261 g/mol. The number of ether oxygens (including phenoxy) is 1. The highest BCUT2D eigenvalue weighted by Gasteiger charge is 2.23. The average molecular weight is 261 g/mol. The number of ketones is 1. The van der Waals surface area contributed by atoms with Crippen LogP contribution in [0.4, 0.5) is 0 Å². The van der Waals surface area contributed by atoms with E-state index in [0.717, 1.165) is 48.3 Å². The molecule has 2 rings (SSSR count). The Bertz CT molecular complexity index is 468. The summed E-state index contributed by atoms with van der Waals surface area (Å²) < 4.78 is 5.43. The van der Waals surface area contributed by atoms with E-state index in [9.17, 15) is 4.79 Å². The summed E-state index contributed by atoms with van der Waals surface area (Å²) in [6.45, 7) is 4.04. The lowest BCUT2D eigenvalue weighted by molar-refractivity contribution is -0.122. The number of carbonyl (C=O) groups excluding carboxylic acids is 1. The van der Waals surface area contributed by atoms with Crippen molar-refractivity contribution in [3.05, 3.63) is 23.0 Å². The molecule has 0 amide bonds. The highest BCUT2D eigenvalue weighted by Crippen LogP contribution is 2.28. The van der Waals surface area contributed by atoms with Gasteiger partial charge in [-0.15, -0.1) is 0 Å². The molecule has 1 aliphatic carbocycles. The second kappa shape index (κ2) is 6.18. The fourth-order valence-corrected chi connectivity index (χ4v) is 2.96. The minimum Gasteiger partial charge on any atom is -0.496 e. The fraction of sp³-hybridized carbons (Fsp3) is 0.625. The van der Waals surface area contributed by atoms with E-state index >= 15 is 0 Å². The minimum atomic E-state index is 0.154. The summed E-state index contributed by atoms with van der Waals surface area (Å²) in [5, 5.41) is 0. The second-order valence-corrected chi connectivity index (χ2v) is 5.51. The molecule has 0 spiro atoms. The number of hydrogen-bond acceptors (Lipinski definition) is 3. The molecule has 1 atom stereocenters. The van der Waals surface area contributed by atoms with Gasteiger partial charge in [0.15, 0.2) is 0 Å². The van der Waals surface area contributed by atoms with Crippen LogP contribution in [0.1, 0.15) is 48.9 Å². The molecule has 1 unspecified atom stereocenters. The number of aromatic nitrogens is 1. The van der Waals surface area contributed by atoms with Gasteiger partial charge in [0, 0.05) is 35.4 Å². The van der Waals surface area contributed by atoms with Crippen molar-refractivity contribution >= 4 is 5.78 Å². The highest BCUT2D eigenvalue weighted by molar-refractivity contribution is 5.81. The number of pyridine rings is 1. The molecule has 1 aromatic rings. The maximum Gasteiger partial charge on any atom is 0.136 e. The second-order valence-electron chi connectivity index (χ2n) is 5.51. The zero-order chi connectivity index (χ0) is 13.8. The zero-order valence-corrected chi connectivity index (χ0v) is 12.2. The predicted molar refractivity (Wildman–Crippen MR) is 75.5 cm³/mol. The number of carbonyl (C=O) groups is 1. The van der Waals surface area contributed by atoms with Gasteiger partial charge in [0.1, 0.15) is 11.5 Å². The van der Waals surface area contributed by atoms with E-state index < -0.39 is 0 Å². The first kappa shape index (κ1) is 14.0. The molecule has 1 aliphatic rings. The van der Waals surface area contributed by atoms with Crippen molar-refractivity contribution in [1.82, 2.24) is 4.98 Å². The van der Waals surface area contributed by atoms with Crippen LogP contribution in [-0.2, 0) is 11.2 Å². The van der Waals surface area contributed by atoms with Gasteiger partial charge in [-0.1, -0.05) is 12.8 Å². The predicted octanol–water partition coefficient (Wildman–Crippen LogP) is 3.40. The summed E-state index contributed by atoms with van der Waals surface area (Å²) in [5.41, 5.74) is 3.15. The molecule has 1 aromatic heterocycles. The number of aryl methyl sites for hydroxylation is 1. The lowest BCUT2D eigenvalue weighted by Crippen LogP contribution is -2.17. The lowest BCUT2D eigenvalue weighted by atomic mass is 9.92. The van der Waals surface area contributed by atoms with E-state index in [0.29, 0.717) is 5.78 Å². The van der Waals surface area contributed by atoms with Gasteiger partial charge in [-0.2, -0.15) is 0 Å². The zero-order valence-electron chi connectivity index (χ0n) is 12.2. The van der Waals surface area contributed by atoms with Gasteiger partial charge < -0.3 is 4.74 Å². The van der Waals surface area contributed by atoms with Crippen LogP contribution in [0.15, 0.2) is 6.20 Å². The van der Waals surface area contributed by atoms with Gasteiger partial charge in [0.25, 0.3) is 0 Å². The van der Waals surface area contributed by atoms with Gasteiger partial charge in [0.05, 0.1) is 7.11 Å². The van der Waals surface area contributed by atoms with Crippen LogP contribution in [0.25, 0.3) is 0 Å². The smallest absolute Gasteiger partial charge is 0.136 e. The van der Waals surface area contributed by atoms with Gasteiger partial charge in [-0.3, -0.25) is 9.78 Å². The van der Waals surface area contributed by atoms with Gasteiger partial charge in [-0.05, 0) is 33.1 Å². The summed E-state index contributed by atoms with van der Waals surface area (Å²) in [6.07, 6.45) is 7.77. The van der Waals surface area contributed by atoms with Crippen LogP contribution < -0.4 is 4.74 Å². The molecule has 19 heavy (non-hydrogen) atoms. The van der Waals surface area contributed by atoms with Crippen molar-refractivity contribution in [3.8, 4) is 5.75 Å². The number of hydrogen-bond donors (Lipinski definition) is 0. The minimum absolute atomic E-state index is 0.154. The molecule has 1 fully saturated rings. The molecule has 0 bridgehead atoms. The van der Waals surface area contributed by atoms with Crippen LogP contribution in [0.5, 0.6) is 5.75 Å². The first-order valence-electron chi connectivity index (χ1n) is 7.15. The molecule has 0 radical (unpaired) electrons. The fourth-order valence-electron chi connectivity index (χ4n) is 2.96. The van der Waals surface area contributed by atoms with Crippen LogP contribution >= 0.6 is 0 Å². The summed E-state index contributed by atoms with van der Waals surface area (Å²) in [6, 6.07) is 0. The molecule has 104 valence electrons. The topological polar surface area (TPSA) is 39.2 Å². The SMILES string of the molecule is COc1c(C)cnc(CC2CCCCCC2=O)c1C. The molecule has 0 aromatic carbocycles. The van der Waals surface area contributed by atoms with Crippen molar-refractivity contribution in [3.63, 3.8) is 0 Å². The summed E-state index contributed by atoms with van der Waals surface area (Å²) in [4.78, 5) is 16.6. The molecule has 3 nitrogen and oxygen atoms in total. The maximum atomic E-state index is 12.1. The van der Waals surface area contributed by atoms with E-state index in [4.69, 9.17) is 4.74 Å². The first-order valence-corrected chi connectivity index (χ1v) is 7.15. The van der Waals surface area contributed by atoms with Crippen molar-refractivity contribution in [2.45, 2.75) is 52.4 Å². The third-order valence-corrected chi connectivity index (χ3v) is 4.12. The number of methoxy groups -OCH3 is 1. The van der Waals surface area contributed by atoms with Crippen molar-refractivity contribution in [2.75, 3.05) is 7.11 Å². The van der Waals surface area contributed by atoms with E-state index in [1.165, 1.54) is 12.8 Å². The van der Waals surface area contributed by atoms with Crippen LogP contribution in [0.3, 0.4) is 0 Å². The molecule has 0 saturated heterocycles. The molecule has 3 heteroatoms. The quantitative estimate of drug-likeness (QED) is 0.783. The van der Waals surface area contributed by atoms with E-state index in [2.05, 4.69) is 4.98 Å². The number of nitrogens with zero attached hydrogens (tertiary/aromatic N) is 1. The molecule has 1 heterocycles. The summed E-state index contributed by atoms with van der Waals surface area (Å²) >= 11 is 0. The largest absolute Gasteiger partial charge is 0.496 e. The summed E-state index contributed by atoms with van der Waals surface area (Å²) in [5.74, 6) is 1.48. The Morgan fingerprint density at radius 2 is 2.11 bits per heavy atom. The van der Waals surface area contributed by atoms with E-state index in [1.54, 1.807) is 7.11 Å². The van der Waals surface area contributed by atoms with Crippen LogP contribution in [0, 0.1) is 19.8 Å². The molecule has 0 aliphatic heterocycles. The highest BCUT2D eigenvalue weighted by atomic mass is 16.5. The third kappa shape index (κ3) is 3.14.